The third-order valence-electron chi connectivity index (χ3n) is 3.10. The number of nitrogens with zero attached hydrogens (tertiary/aromatic N) is 1. The van der Waals surface area contributed by atoms with Gasteiger partial charge in [-0.2, -0.15) is 0 Å². The number of amides is 2. The average Bonchev–Trinajstić information content (AvgIpc) is 2.87. The van der Waals surface area contributed by atoms with Gasteiger partial charge in [0.05, 0.1) is 6.54 Å². The van der Waals surface area contributed by atoms with Crippen LogP contribution >= 0.6 is 11.3 Å². The summed E-state index contributed by atoms with van der Waals surface area (Å²) in [4.78, 5) is 25.3. The van der Waals surface area contributed by atoms with Gasteiger partial charge in [0.25, 0.3) is 0 Å². The minimum atomic E-state index is -1.96. The van der Waals surface area contributed by atoms with Gasteiger partial charge in [-0.3, -0.25) is 0 Å². The second-order valence-electron chi connectivity index (χ2n) is 4.98. The number of rotatable bonds is 6. The molecule has 1 aromatic heterocycles. The van der Waals surface area contributed by atoms with E-state index in [0.717, 1.165) is 13.3 Å². The monoisotopic (exact) mass is 300 g/mol. The van der Waals surface area contributed by atoms with Gasteiger partial charge in [0, 0.05) is 24.4 Å². The van der Waals surface area contributed by atoms with Crippen molar-refractivity contribution in [3.05, 3.63) is 22.4 Å². The number of nitrogens with one attached hydrogen (secondary N) is 1. The highest BCUT2D eigenvalue weighted by Gasteiger charge is 2.31. The van der Waals surface area contributed by atoms with Crippen LogP contribution in [0, 0.1) is 0 Å². The van der Waals surface area contributed by atoms with E-state index in [1.54, 1.807) is 18.4 Å². The van der Waals surface area contributed by atoms with Gasteiger partial charge in [0.15, 0.2) is 5.60 Å². The van der Waals surface area contributed by atoms with Crippen molar-refractivity contribution >= 4 is 23.3 Å². The fraction of sp³-hybridized carbons (Fsp3) is 0.538. The highest BCUT2D eigenvalue weighted by molar-refractivity contribution is 7.09. The number of carboxylic acid groups (broad SMARTS) is 1. The van der Waals surface area contributed by atoms with E-state index in [1.807, 2.05) is 24.4 Å². The van der Waals surface area contributed by atoms with E-state index >= 15 is 0 Å². The molecule has 2 amide bonds. The minimum absolute atomic E-state index is 0.0246. The Kier molecular flexibility index (Phi) is 5.52. The molecule has 0 bridgehead atoms. The molecule has 0 saturated carbocycles. The van der Waals surface area contributed by atoms with Gasteiger partial charge >= 0.3 is 12.0 Å². The molecule has 0 aliphatic carbocycles. The second-order valence-corrected chi connectivity index (χ2v) is 6.01. The first-order chi connectivity index (χ1) is 9.24. The number of likely N-dealkylation sites (N-methyl/N-ethyl adjacent to an activating group) is 1. The Morgan fingerprint density at radius 3 is 2.70 bits per heavy atom. The molecule has 6 nitrogen and oxygen atoms in total. The van der Waals surface area contributed by atoms with Crippen molar-refractivity contribution in [2.45, 2.75) is 31.9 Å². The zero-order valence-electron chi connectivity index (χ0n) is 11.8. The lowest BCUT2D eigenvalue weighted by Gasteiger charge is -2.26. The summed E-state index contributed by atoms with van der Waals surface area (Å²) < 4.78 is 0. The number of aliphatic hydroxyl groups is 1. The van der Waals surface area contributed by atoms with E-state index in [9.17, 15) is 14.7 Å². The standard InChI is InChI=1S/C13H20N2O4S/c1-9(7-10-5-4-6-20-10)15(3)12(18)14-8-13(2,19)11(16)17/h4-6,9,19H,7-8H2,1-3H3,(H,14,18)(H,16,17). The molecule has 1 heterocycles. The normalized spacial score (nSPS) is 15.2. The highest BCUT2D eigenvalue weighted by atomic mass is 32.1. The Hall–Kier alpha value is -1.60. The molecule has 0 aliphatic heterocycles. The van der Waals surface area contributed by atoms with Gasteiger partial charge in [0.2, 0.25) is 0 Å². The molecule has 2 unspecified atom stereocenters. The van der Waals surface area contributed by atoms with E-state index in [2.05, 4.69) is 5.32 Å². The summed E-state index contributed by atoms with van der Waals surface area (Å²) in [5.41, 5.74) is -1.96. The first-order valence-corrected chi connectivity index (χ1v) is 7.11. The number of urea groups is 1. The number of thiophene rings is 1. The van der Waals surface area contributed by atoms with Crippen molar-refractivity contribution in [3.8, 4) is 0 Å². The van der Waals surface area contributed by atoms with Crippen LogP contribution in [0.1, 0.15) is 18.7 Å². The SMILES string of the molecule is CC(Cc1cccs1)N(C)C(=O)NCC(C)(O)C(=O)O. The van der Waals surface area contributed by atoms with Crippen molar-refractivity contribution in [1.82, 2.24) is 10.2 Å². The lowest BCUT2D eigenvalue weighted by molar-refractivity contribution is -0.155. The third-order valence-corrected chi connectivity index (χ3v) is 4.00. The number of aliphatic carboxylic acids is 1. The zero-order chi connectivity index (χ0) is 15.3. The summed E-state index contributed by atoms with van der Waals surface area (Å²) in [6.07, 6.45) is 0.733. The fourth-order valence-corrected chi connectivity index (χ4v) is 2.33. The Balaban J connectivity index is 2.48. The molecule has 112 valence electrons. The van der Waals surface area contributed by atoms with Crippen LogP contribution in [0.3, 0.4) is 0 Å². The first kappa shape index (κ1) is 16.5. The molecule has 2 atom stereocenters. The summed E-state index contributed by atoms with van der Waals surface area (Å²) in [5, 5.41) is 22.7. The predicted octanol–water partition coefficient (Wildman–Crippen LogP) is 1.16. The van der Waals surface area contributed by atoms with Gasteiger partial charge in [0.1, 0.15) is 0 Å². The van der Waals surface area contributed by atoms with E-state index in [4.69, 9.17) is 5.11 Å². The summed E-state index contributed by atoms with van der Waals surface area (Å²) >= 11 is 1.63. The van der Waals surface area contributed by atoms with Crippen LogP contribution in [0.5, 0.6) is 0 Å². The predicted molar refractivity (Wildman–Crippen MR) is 76.9 cm³/mol. The molecule has 0 saturated heterocycles. The molecule has 0 aromatic carbocycles. The molecule has 7 heteroatoms. The molecule has 0 fully saturated rings. The summed E-state index contributed by atoms with van der Waals surface area (Å²) in [6, 6.07) is 3.53. The van der Waals surface area contributed by atoms with Gasteiger partial charge in [-0.15, -0.1) is 11.3 Å². The highest BCUT2D eigenvalue weighted by Crippen LogP contribution is 2.13. The molecule has 1 rings (SSSR count). The number of carbonyl (C=O) groups is 2. The maximum atomic E-state index is 11.9. The van der Waals surface area contributed by atoms with Crippen molar-refractivity contribution in [1.29, 1.82) is 0 Å². The van der Waals surface area contributed by atoms with Crippen molar-refractivity contribution in [2.75, 3.05) is 13.6 Å². The summed E-state index contributed by atoms with van der Waals surface area (Å²) in [5.74, 6) is -1.37. The maximum Gasteiger partial charge on any atom is 0.337 e. The van der Waals surface area contributed by atoms with Crippen molar-refractivity contribution in [3.63, 3.8) is 0 Å². The topological polar surface area (TPSA) is 89.9 Å². The average molecular weight is 300 g/mol. The second kappa shape index (κ2) is 6.71. The Bertz CT molecular complexity index is 459. The van der Waals surface area contributed by atoms with Crippen LogP contribution in [0.15, 0.2) is 17.5 Å². The Labute approximate surface area is 122 Å². The van der Waals surface area contributed by atoms with Crippen LogP contribution in [-0.4, -0.2) is 52.3 Å². The third kappa shape index (κ3) is 4.50. The van der Waals surface area contributed by atoms with Gasteiger partial charge in [-0.1, -0.05) is 6.07 Å². The number of hydrogen-bond donors (Lipinski definition) is 3. The molecule has 0 spiro atoms. The van der Waals surface area contributed by atoms with E-state index < -0.39 is 17.6 Å². The smallest absolute Gasteiger partial charge is 0.337 e. The van der Waals surface area contributed by atoms with Crippen LogP contribution in [-0.2, 0) is 11.2 Å². The Morgan fingerprint density at radius 1 is 1.55 bits per heavy atom. The molecule has 0 radical (unpaired) electrons. The van der Waals surface area contributed by atoms with Gasteiger partial charge in [-0.25, -0.2) is 9.59 Å². The quantitative estimate of drug-likeness (QED) is 0.735. The van der Waals surface area contributed by atoms with Crippen LogP contribution in [0.4, 0.5) is 4.79 Å². The minimum Gasteiger partial charge on any atom is -0.479 e. The molecular formula is C13H20N2O4S. The lowest BCUT2D eigenvalue weighted by Crippen LogP contribution is -2.51. The largest absolute Gasteiger partial charge is 0.479 e. The Morgan fingerprint density at radius 2 is 2.20 bits per heavy atom. The molecule has 1 aromatic rings. The maximum absolute atomic E-state index is 11.9. The first-order valence-electron chi connectivity index (χ1n) is 6.23. The van der Waals surface area contributed by atoms with Gasteiger partial charge < -0.3 is 20.4 Å². The van der Waals surface area contributed by atoms with E-state index in [-0.39, 0.29) is 12.6 Å². The fourth-order valence-electron chi connectivity index (χ4n) is 1.51. The van der Waals surface area contributed by atoms with Crippen LogP contribution in [0.2, 0.25) is 0 Å². The molecule has 20 heavy (non-hydrogen) atoms. The van der Waals surface area contributed by atoms with E-state index in [1.165, 1.54) is 9.78 Å². The van der Waals surface area contributed by atoms with Crippen LogP contribution < -0.4 is 5.32 Å². The van der Waals surface area contributed by atoms with Gasteiger partial charge in [-0.05, 0) is 25.3 Å². The van der Waals surface area contributed by atoms with E-state index in [0.29, 0.717) is 0 Å². The van der Waals surface area contributed by atoms with Crippen molar-refractivity contribution < 1.29 is 19.8 Å². The van der Waals surface area contributed by atoms with Crippen LogP contribution in [0.25, 0.3) is 0 Å². The summed E-state index contributed by atoms with van der Waals surface area (Å²) in [7, 11) is 1.64. The number of hydrogen-bond acceptors (Lipinski definition) is 4. The summed E-state index contributed by atoms with van der Waals surface area (Å²) in [6.45, 7) is 2.72. The van der Waals surface area contributed by atoms with Crippen molar-refractivity contribution in [2.24, 2.45) is 0 Å². The number of carboxylic acids is 1. The zero-order valence-corrected chi connectivity index (χ0v) is 12.6. The number of carbonyl (C=O) groups excluding carboxylic acids is 1. The lowest BCUT2D eigenvalue weighted by atomic mass is 10.1. The molecule has 0 aliphatic rings. The molecule has 3 N–H and O–H groups in total. The molecular weight excluding hydrogens is 280 g/mol.